The van der Waals surface area contributed by atoms with E-state index in [1.165, 1.54) is 0 Å². The van der Waals surface area contributed by atoms with Gasteiger partial charge in [0.05, 0.1) is 10.4 Å². The molecule has 1 unspecified atom stereocenters. The Bertz CT molecular complexity index is 540. The van der Waals surface area contributed by atoms with Gasteiger partial charge in [-0.1, -0.05) is 43.5 Å². The molecular weight excluding hydrogens is 401 g/mol. The first kappa shape index (κ1) is 14.3. The lowest BCUT2D eigenvalue weighted by atomic mass is 10.0. The van der Waals surface area contributed by atoms with Crippen LogP contribution in [0.2, 0.25) is 5.02 Å². The fraction of sp³-hybridized carbons (Fsp3) is 0.154. The van der Waals surface area contributed by atoms with Crippen LogP contribution in [0.25, 0.3) is 0 Å². The van der Waals surface area contributed by atoms with Gasteiger partial charge in [0, 0.05) is 21.3 Å². The largest absolute Gasteiger partial charge is 0.263 e. The molecule has 1 nitrogen and oxygen atoms in total. The number of pyridine rings is 1. The predicted octanol–water partition coefficient (Wildman–Crippen LogP) is 5.78. The third-order valence-corrected chi connectivity index (χ3v) is 4.16. The topological polar surface area (TPSA) is 12.9 Å². The van der Waals surface area contributed by atoms with Gasteiger partial charge in [0.1, 0.15) is 0 Å². The van der Waals surface area contributed by atoms with Gasteiger partial charge in [-0.05, 0) is 41.8 Å². The number of halogens is 4. The molecule has 1 heterocycles. The number of aromatic nitrogens is 1. The summed E-state index contributed by atoms with van der Waals surface area (Å²) in [5, 5.41) is 0.524. The van der Waals surface area contributed by atoms with Gasteiger partial charge in [0.15, 0.2) is 0 Å². The van der Waals surface area contributed by atoms with Crippen LogP contribution in [-0.2, 0) is 6.42 Å². The minimum absolute atomic E-state index is 0.126. The number of nitrogens with zero attached hydrogens (tertiary/aromatic N) is 1. The zero-order valence-electron chi connectivity index (χ0n) is 9.21. The fourth-order valence-electron chi connectivity index (χ4n) is 1.64. The van der Waals surface area contributed by atoms with Gasteiger partial charge < -0.3 is 0 Å². The van der Waals surface area contributed by atoms with E-state index >= 15 is 0 Å². The van der Waals surface area contributed by atoms with E-state index in [9.17, 15) is 0 Å². The molecular formula is C13H9Br2Cl2N. The van der Waals surface area contributed by atoms with Crippen molar-refractivity contribution in [3.05, 3.63) is 61.8 Å². The van der Waals surface area contributed by atoms with E-state index < -0.39 is 0 Å². The number of rotatable bonds is 3. The standard InChI is InChI=1S/C13H9Br2Cl2N/c14-10-3-9(4-11(15)6-10)12(16)5-8-1-2-18-7-13(8)17/h1-4,6-7,12H,5H2. The summed E-state index contributed by atoms with van der Waals surface area (Å²) in [6.45, 7) is 0. The highest BCUT2D eigenvalue weighted by Crippen LogP contribution is 2.31. The number of benzene rings is 1. The Labute approximate surface area is 133 Å². The Balaban J connectivity index is 2.22. The van der Waals surface area contributed by atoms with Crippen LogP contribution in [0.1, 0.15) is 16.5 Å². The van der Waals surface area contributed by atoms with Crippen LogP contribution in [0, 0.1) is 0 Å². The van der Waals surface area contributed by atoms with E-state index in [0.29, 0.717) is 11.4 Å². The third-order valence-electron chi connectivity index (χ3n) is 2.50. The molecule has 0 radical (unpaired) electrons. The summed E-state index contributed by atoms with van der Waals surface area (Å²) >= 11 is 19.4. The zero-order valence-corrected chi connectivity index (χ0v) is 13.9. The lowest BCUT2D eigenvalue weighted by Crippen LogP contribution is -1.97. The minimum atomic E-state index is -0.126. The van der Waals surface area contributed by atoms with E-state index in [1.54, 1.807) is 12.4 Å². The van der Waals surface area contributed by atoms with Gasteiger partial charge in [-0.25, -0.2) is 0 Å². The van der Waals surface area contributed by atoms with Gasteiger partial charge in [0.25, 0.3) is 0 Å². The van der Waals surface area contributed by atoms with Crippen LogP contribution < -0.4 is 0 Å². The molecule has 2 rings (SSSR count). The first-order valence-corrected chi connectivity index (χ1v) is 7.65. The summed E-state index contributed by atoms with van der Waals surface area (Å²) in [6.07, 6.45) is 4.03. The van der Waals surface area contributed by atoms with Crippen molar-refractivity contribution >= 4 is 55.1 Å². The van der Waals surface area contributed by atoms with Crippen LogP contribution in [-0.4, -0.2) is 4.98 Å². The molecule has 1 atom stereocenters. The van der Waals surface area contributed by atoms with E-state index in [2.05, 4.69) is 36.8 Å². The summed E-state index contributed by atoms with van der Waals surface area (Å²) in [4.78, 5) is 3.96. The molecule has 18 heavy (non-hydrogen) atoms. The van der Waals surface area contributed by atoms with Crippen molar-refractivity contribution in [2.24, 2.45) is 0 Å². The minimum Gasteiger partial charge on any atom is -0.263 e. The lowest BCUT2D eigenvalue weighted by molar-refractivity contribution is 0.914. The second-order valence-electron chi connectivity index (χ2n) is 3.84. The van der Waals surface area contributed by atoms with E-state index in [0.717, 1.165) is 20.1 Å². The molecule has 0 amide bonds. The Morgan fingerprint density at radius 1 is 1.17 bits per heavy atom. The third kappa shape index (κ3) is 3.70. The van der Waals surface area contributed by atoms with E-state index in [4.69, 9.17) is 23.2 Å². The summed E-state index contributed by atoms with van der Waals surface area (Å²) in [7, 11) is 0. The second kappa shape index (κ2) is 6.38. The highest BCUT2D eigenvalue weighted by atomic mass is 79.9. The van der Waals surface area contributed by atoms with Crippen molar-refractivity contribution in [2.75, 3.05) is 0 Å². The molecule has 94 valence electrons. The van der Waals surface area contributed by atoms with Crippen molar-refractivity contribution < 1.29 is 0 Å². The van der Waals surface area contributed by atoms with Crippen molar-refractivity contribution in [1.29, 1.82) is 0 Å². The highest BCUT2D eigenvalue weighted by Gasteiger charge is 2.12. The lowest BCUT2D eigenvalue weighted by Gasteiger charge is -2.12. The van der Waals surface area contributed by atoms with Gasteiger partial charge in [-0.2, -0.15) is 0 Å². The van der Waals surface area contributed by atoms with Crippen molar-refractivity contribution in [3.8, 4) is 0 Å². The number of hydrogen-bond donors (Lipinski definition) is 0. The molecule has 0 N–H and O–H groups in total. The van der Waals surface area contributed by atoms with Crippen LogP contribution in [0.4, 0.5) is 0 Å². The molecule has 2 aromatic rings. The van der Waals surface area contributed by atoms with Crippen LogP contribution in [0.15, 0.2) is 45.6 Å². The van der Waals surface area contributed by atoms with Gasteiger partial charge >= 0.3 is 0 Å². The molecule has 0 aliphatic rings. The Hall–Kier alpha value is -0.0900. The smallest absolute Gasteiger partial charge is 0.0626 e. The van der Waals surface area contributed by atoms with Crippen molar-refractivity contribution in [2.45, 2.75) is 11.8 Å². The maximum Gasteiger partial charge on any atom is 0.0626 e. The quantitative estimate of drug-likeness (QED) is 0.585. The highest BCUT2D eigenvalue weighted by molar-refractivity contribution is 9.11. The zero-order chi connectivity index (χ0) is 13.1. The van der Waals surface area contributed by atoms with E-state index in [-0.39, 0.29) is 5.38 Å². The van der Waals surface area contributed by atoms with Crippen molar-refractivity contribution in [1.82, 2.24) is 4.98 Å². The molecule has 0 saturated heterocycles. The summed E-state index contributed by atoms with van der Waals surface area (Å²) in [6, 6.07) is 7.90. The first-order chi connectivity index (χ1) is 8.56. The monoisotopic (exact) mass is 407 g/mol. The maximum absolute atomic E-state index is 6.44. The Morgan fingerprint density at radius 3 is 2.44 bits per heavy atom. The maximum atomic E-state index is 6.44. The van der Waals surface area contributed by atoms with Crippen LogP contribution in [0.3, 0.4) is 0 Å². The summed E-state index contributed by atoms with van der Waals surface area (Å²) in [5.74, 6) is 0. The Kier molecular flexibility index (Phi) is 5.07. The molecule has 1 aromatic heterocycles. The average molecular weight is 410 g/mol. The SMILES string of the molecule is Clc1cnccc1CC(Cl)c1cc(Br)cc(Br)c1. The first-order valence-electron chi connectivity index (χ1n) is 5.24. The number of hydrogen-bond acceptors (Lipinski definition) is 1. The fourth-order valence-corrected chi connectivity index (χ4v) is 3.45. The molecule has 0 spiro atoms. The average Bonchev–Trinajstić information content (AvgIpc) is 2.31. The summed E-state index contributed by atoms with van der Waals surface area (Å²) < 4.78 is 2.00. The molecule has 1 aromatic carbocycles. The van der Waals surface area contributed by atoms with E-state index in [1.807, 2.05) is 24.3 Å². The molecule has 0 saturated carbocycles. The Morgan fingerprint density at radius 2 is 1.83 bits per heavy atom. The normalized spacial score (nSPS) is 12.4. The summed E-state index contributed by atoms with van der Waals surface area (Å²) in [5.41, 5.74) is 2.05. The molecule has 0 fully saturated rings. The van der Waals surface area contributed by atoms with Gasteiger partial charge in [-0.3, -0.25) is 4.98 Å². The molecule has 0 bridgehead atoms. The van der Waals surface area contributed by atoms with Gasteiger partial charge in [-0.15, -0.1) is 11.6 Å². The van der Waals surface area contributed by atoms with Crippen molar-refractivity contribution in [3.63, 3.8) is 0 Å². The molecule has 0 aliphatic carbocycles. The number of alkyl halides is 1. The van der Waals surface area contributed by atoms with Crippen LogP contribution >= 0.6 is 55.1 Å². The van der Waals surface area contributed by atoms with Crippen LogP contribution in [0.5, 0.6) is 0 Å². The molecule has 5 heteroatoms. The molecule has 0 aliphatic heterocycles. The second-order valence-corrected chi connectivity index (χ2v) is 6.61. The predicted molar refractivity (Wildman–Crippen MR) is 83.4 cm³/mol. The van der Waals surface area contributed by atoms with Gasteiger partial charge in [0.2, 0.25) is 0 Å².